The van der Waals surface area contributed by atoms with E-state index >= 15 is 0 Å². The van der Waals surface area contributed by atoms with E-state index in [0.29, 0.717) is 0 Å². The van der Waals surface area contributed by atoms with Crippen molar-refractivity contribution in [2.75, 3.05) is 11.5 Å². The number of hydrogen-bond acceptors (Lipinski definition) is 3. The number of carbonyl (C=O) groups is 1. The number of benzene rings is 2. The fourth-order valence-electron chi connectivity index (χ4n) is 2.48. The normalized spacial score (nSPS) is 9.96. The maximum atomic E-state index is 12.6. The maximum absolute atomic E-state index is 12.6. The van der Waals surface area contributed by atoms with Gasteiger partial charge in [-0.2, -0.15) is 0 Å². The van der Waals surface area contributed by atoms with Crippen LogP contribution in [0, 0.1) is 0 Å². The number of allylic oxidation sites excluding steroid dienone is 2. The van der Waals surface area contributed by atoms with Crippen molar-refractivity contribution in [2.24, 2.45) is 0 Å². The minimum atomic E-state index is 0.0784. The van der Waals surface area contributed by atoms with Crippen LogP contribution < -0.4 is 0 Å². The molecule has 0 aliphatic carbocycles. The van der Waals surface area contributed by atoms with Crippen LogP contribution in [-0.2, 0) is 4.79 Å². The van der Waals surface area contributed by atoms with Gasteiger partial charge in [0.1, 0.15) is 0 Å². The van der Waals surface area contributed by atoms with Gasteiger partial charge in [-0.25, -0.2) is 0 Å². The van der Waals surface area contributed by atoms with Crippen LogP contribution in [0.15, 0.2) is 76.2 Å². The van der Waals surface area contributed by atoms with Crippen LogP contribution in [0.3, 0.4) is 0 Å². The molecule has 1 nitrogen and oxygen atoms in total. The Morgan fingerprint density at radius 3 is 1.96 bits per heavy atom. The van der Waals surface area contributed by atoms with Crippen LogP contribution in [0.2, 0.25) is 0 Å². The largest absolute Gasteiger partial charge is 0.294 e. The molecule has 0 aliphatic rings. The van der Waals surface area contributed by atoms with Crippen molar-refractivity contribution in [1.29, 1.82) is 0 Å². The SMILES string of the molecule is CCSC(SCC)=C(C(C)=O)C(=C=Cc1ccccc1)c1ccccc1. The van der Waals surface area contributed by atoms with E-state index in [-0.39, 0.29) is 5.78 Å². The van der Waals surface area contributed by atoms with Gasteiger partial charge in [0.2, 0.25) is 0 Å². The van der Waals surface area contributed by atoms with Gasteiger partial charge in [0, 0.05) is 5.57 Å². The maximum Gasteiger partial charge on any atom is 0.162 e. The monoisotopic (exact) mass is 380 g/mol. The summed E-state index contributed by atoms with van der Waals surface area (Å²) >= 11 is 3.46. The van der Waals surface area contributed by atoms with Crippen LogP contribution in [-0.4, -0.2) is 17.3 Å². The summed E-state index contributed by atoms with van der Waals surface area (Å²) in [6.45, 7) is 5.88. The lowest BCUT2D eigenvalue weighted by atomic mass is 9.97. The lowest BCUT2D eigenvalue weighted by Gasteiger charge is -2.14. The molecule has 3 heteroatoms. The zero-order chi connectivity index (χ0) is 18.8. The van der Waals surface area contributed by atoms with Gasteiger partial charge < -0.3 is 0 Å². The van der Waals surface area contributed by atoms with Crippen molar-refractivity contribution >= 4 is 41.0 Å². The summed E-state index contributed by atoms with van der Waals surface area (Å²) in [6.07, 6.45) is 1.95. The fourth-order valence-corrected chi connectivity index (χ4v) is 4.82. The van der Waals surface area contributed by atoms with Crippen LogP contribution in [0.4, 0.5) is 0 Å². The smallest absolute Gasteiger partial charge is 0.162 e. The Morgan fingerprint density at radius 2 is 1.46 bits per heavy atom. The van der Waals surface area contributed by atoms with Crippen LogP contribution in [0.25, 0.3) is 11.6 Å². The molecular weight excluding hydrogens is 356 g/mol. The van der Waals surface area contributed by atoms with Crippen molar-refractivity contribution in [3.8, 4) is 0 Å². The molecule has 0 amide bonds. The first-order valence-electron chi connectivity index (χ1n) is 8.75. The van der Waals surface area contributed by atoms with E-state index in [0.717, 1.165) is 38.0 Å². The standard InChI is InChI=1S/C23H24OS2/c1-4-25-23(26-5-2)22(18(3)24)21(20-14-10-7-11-15-20)17-16-19-12-8-6-9-13-19/h6-16H,4-5H2,1-3H3. The quantitative estimate of drug-likeness (QED) is 0.288. The van der Waals surface area contributed by atoms with Crippen molar-refractivity contribution in [3.05, 3.63) is 87.3 Å². The van der Waals surface area contributed by atoms with Crippen molar-refractivity contribution in [1.82, 2.24) is 0 Å². The lowest BCUT2D eigenvalue weighted by Crippen LogP contribution is -2.02. The van der Waals surface area contributed by atoms with Gasteiger partial charge >= 0.3 is 0 Å². The molecule has 0 fully saturated rings. The number of rotatable bonds is 8. The molecule has 2 aromatic carbocycles. The zero-order valence-electron chi connectivity index (χ0n) is 15.5. The van der Waals surface area contributed by atoms with E-state index in [1.165, 1.54) is 0 Å². The summed E-state index contributed by atoms with van der Waals surface area (Å²) in [5, 5.41) is 0. The van der Waals surface area contributed by atoms with Gasteiger partial charge in [-0.15, -0.1) is 29.3 Å². The molecule has 0 saturated carbocycles. The fraction of sp³-hybridized carbons (Fsp3) is 0.217. The van der Waals surface area contributed by atoms with Crippen molar-refractivity contribution in [3.63, 3.8) is 0 Å². The molecule has 0 bridgehead atoms. The number of ketones is 1. The highest BCUT2D eigenvalue weighted by molar-refractivity contribution is 8.22. The van der Waals surface area contributed by atoms with Gasteiger partial charge in [0.15, 0.2) is 5.78 Å². The summed E-state index contributed by atoms with van der Waals surface area (Å²) in [5.41, 5.74) is 7.12. The Balaban J connectivity index is 2.70. The van der Waals surface area contributed by atoms with Crippen LogP contribution in [0.1, 0.15) is 31.9 Å². The molecule has 0 N–H and O–H groups in total. The predicted octanol–water partition coefficient (Wildman–Crippen LogP) is 6.69. The summed E-state index contributed by atoms with van der Waals surface area (Å²) in [6, 6.07) is 20.1. The van der Waals surface area contributed by atoms with Crippen LogP contribution >= 0.6 is 23.5 Å². The molecule has 0 heterocycles. The molecule has 0 aromatic heterocycles. The van der Waals surface area contributed by atoms with Gasteiger partial charge in [0.25, 0.3) is 0 Å². The Hall–Kier alpha value is -1.93. The number of thioether (sulfide) groups is 2. The van der Waals surface area contributed by atoms with Gasteiger partial charge in [-0.1, -0.05) is 74.5 Å². The van der Waals surface area contributed by atoms with E-state index in [2.05, 4.69) is 19.6 Å². The third-order valence-electron chi connectivity index (χ3n) is 3.60. The molecule has 26 heavy (non-hydrogen) atoms. The molecular formula is C23H24OS2. The first-order valence-corrected chi connectivity index (χ1v) is 10.7. The average Bonchev–Trinajstić information content (AvgIpc) is 2.66. The molecule has 0 radical (unpaired) electrons. The minimum absolute atomic E-state index is 0.0784. The van der Waals surface area contributed by atoms with Crippen molar-refractivity contribution < 1.29 is 4.79 Å². The first-order chi connectivity index (χ1) is 12.7. The number of Topliss-reactive ketones (excluding diaryl/α,β-unsaturated/α-hetero) is 1. The number of hydrogen-bond donors (Lipinski definition) is 0. The minimum Gasteiger partial charge on any atom is -0.294 e. The van der Waals surface area contributed by atoms with E-state index < -0.39 is 0 Å². The van der Waals surface area contributed by atoms with Gasteiger partial charge in [0.05, 0.1) is 9.81 Å². The Kier molecular flexibility index (Phi) is 8.57. The van der Waals surface area contributed by atoms with Gasteiger partial charge in [-0.05, 0) is 35.6 Å². The predicted molar refractivity (Wildman–Crippen MR) is 118 cm³/mol. The molecule has 0 spiro atoms. The summed E-state index contributed by atoms with van der Waals surface area (Å²) in [4.78, 5) is 12.6. The highest BCUT2D eigenvalue weighted by Crippen LogP contribution is 2.37. The van der Waals surface area contributed by atoms with Gasteiger partial charge in [-0.3, -0.25) is 4.79 Å². The molecule has 2 aromatic rings. The zero-order valence-corrected chi connectivity index (χ0v) is 17.1. The Bertz CT molecular complexity index is 806. The van der Waals surface area contributed by atoms with E-state index in [4.69, 9.17) is 0 Å². The molecule has 134 valence electrons. The number of carbonyl (C=O) groups excluding carboxylic acids is 1. The lowest BCUT2D eigenvalue weighted by molar-refractivity contribution is -0.113. The second-order valence-corrected chi connectivity index (χ2v) is 8.33. The molecule has 2 rings (SSSR count). The van der Waals surface area contributed by atoms with Crippen LogP contribution in [0.5, 0.6) is 0 Å². The highest BCUT2D eigenvalue weighted by atomic mass is 32.2. The molecule has 0 aliphatic heterocycles. The van der Waals surface area contributed by atoms with E-state index in [9.17, 15) is 4.79 Å². The summed E-state index contributed by atoms with van der Waals surface area (Å²) in [7, 11) is 0. The second kappa shape index (κ2) is 10.9. The first kappa shape index (κ1) is 20.4. The summed E-state index contributed by atoms with van der Waals surface area (Å²) < 4.78 is 1.08. The van der Waals surface area contributed by atoms with E-state index in [1.807, 2.05) is 66.7 Å². The molecule has 0 unspecified atom stereocenters. The average molecular weight is 381 g/mol. The third-order valence-corrected chi connectivity index (χ3v) is 5.82. The third kappa shape index (κ3) is 5.81. The second-order valence-electron chi connectivity index (χ2n) is 5.53. The molecule has 0 atom stereocenters. The Labute approximate surface area is 165 Å². The Morgan fingerprint density at radius 1 is 0.923 bits per heavy atom. The van der Waals surface area contributed by atoms with E-state index in [1.54, 1.807) is 30.4 Å². The van der Waals surface area contributed by atoms with Crippen molar-refractivity contribution in [2.45, 2.75) is 20.8 Å². The highest BCUT2D eigenvalue weighted by Gasteiger charge is 2.18. The topological polar surface area (TPSA) is 17.1 Å². The summed E-state index contributed by atoms with van der Waals surface area (Å²) in [5.74, 6) is 1.95. The molecule has 0 saturated heterocycles.